The van der Waals surface area contributed by atoms with Crippen LogP contribution >= 0.6 is 0 Å². The van der Waals surface area contributed by atoms with E-state index in [9.17, 15) is 0 Å². The fraction of sp³-hybridized carbons (Fsp3) is 0.500. The summed E-state index contributed by atoms with van der Waals surface area (Å²) in [7, 11) is 1.68. The molecule has 0 amide bonds. The number of methoxy groups -OCH3 is 1. The second kappa shape index (κ2) is 9.12. The van der Waals surface area contributed by atoms with Crippen molar-refractivity contribution in [2.75, 3.05) is 50.5 Å². The number of nitrogens with one attached hydrogen (secondary N) is 1. The molecule has 1 fully saturated rings. The minimum absolute atomic E-state index is 0.262. The molecular weight excluding hydrogens is 384 g/mol. The summed E-state index contributed by atoms with van der Waals surface area (Å²) < 4.78 is 13.0. The molecule has 0 atom stereocenters. The van der Waals surface area contributed by atoms with E-state index >= 15 is 0 Å². The van der Waals surface area contributed by atoms with Crippen LogP contribution < -0.4 is 25.4 Å². The predicted octanol–water partition coefficient (Wildman–Crippen LogP) is 1.29. The number of nitrogen functional groups attached to an aromatic ring is 1. The highest BCUT2D eigenvalue weighted by atomic mass is 16.5. The number of unbranched alkanes of at least 4 members (excludes halogenated alkanes) is 1. The number of fused-ring (bicyclic) bond motifs is 1. The van der Waals surface area contributed by atoms with Crippen LogP contribution in [0.3, 0.4) is 0 Å². The highest BCUT2D eigenvalue weighted by Gasteiger charge is 2.18. The zero-order chi connectivity index (χ0) is 20.9. The number of piperazine rings is 1. The van der Waals surface area contributed by atoms with Crippen molar-refractivity contribution in [1.82, 2.24) is 29.9 Å². The normalized spacial score (nSPS) is 14.3. The first-order chi connectivity index (χ1) is 14.7. The Morgan fingerprint density at radius 3 is 2.80 bits per heavy atom. The number of pyridine rings is 1. The molecule has 1 aliphatic rings. The van der Waals surface area contributed by atoms with Gasteiger partial charge in [-0.2, -0.15) is 4.98 Å². The Bertz CT molecular complexity index is 1000. The van der Waals surface area contributed by atoms with Crippen LogP contribution in [0.25, 0.3) is 5.65 Å². The SMILES string of the molecule is CCCCOc1nc(N)c2ncc(Cc3cnc(N4CCNCC4)c(OC)c3)n2n1. The average Bonchev–Trinajstić information content (AvgIpc) is 3.17. The molecule has 0 aliphatic carbocycles. The first-order valence-electron chi connectivity index (χ1n) is 10.3. The highest BCUT2D eigenvalue weighted by Crippen LogP contribution is 2.28. The van der Waals surface area contributed by atoms with Gasteiger partial charge in [0.1, 0.15) is 0 Å². The summed E-state index contributed by atoms with van der Waals surface area (Å²) in [6.45, 7) is 6.36. The lowest BCUT2D eigenvalue weighted by atomic mass is 10.1. The van der Waals surface area contributed by atoms with Crippen LogP contribution in [-0.4, -0.2) is 64.5 Å². The number of imidazole rings is 1. The van der Waals surface area contributed by atoms with Gasteiger partial charge >= 0.3 is 6.01 Å². The van der Waals surface area contributed by atoms with Crippen molar-refractivity contribution in [2.24, 2.45) is 0 Å². The number of nitrogens with two attached hydrogens (primary N) is 1. The van der Waals surface area contributed by atoms with Crippen molar-refractivity contribution >= 4 is 17.3 Å². The van der Waals surface area contributed by atoms with Gasteiger partial charge in [-0.15, -0.1) is 5.10 Å². The monoisotopic (exact) mass is 412 g/mol. The van der Waals surface area contributed by atoms with Gasteiger partial charge in [0.05, 0.1) is 25.6 Å². The fourth-order valence-electron chi connectivity index (χ4n) is 3.47. The molecule has 4 rings (SSSR count). The van der Waals surface area contributed by atoms with Crippen LogP contribution in [0.5, 0.6) is 11.8 Å². The molecule has 160 valence electrons. The number of ether oxygens (including phenoxy) is 2. The molecule has 10 heteroatoms. The molecule has 0 saturated carbocycles. The Balaban J connectivity index is 1.58. The van der Waals surface area contributed by atoms with Crippen molar-refractivity contribution < 1.29 is 9.47 Å². The van der Waals surface area contributed by atoms with Gasteiger partial charge in [0.15, 0.2) is 23.0 Å². The Morgan fingerprint density at radius 1 is 1.20 bits per heavy atom. The van der Waals surface area contributed by atoms with E-state index in [1.54, 1.807) is 17.8 Å². The van der Waals surface area contributed by atoms with Gasteiger partial charge in [-0.05, 0) is 18.1 Å². The molecule has 4 heterocycles. The molecule has 0 bridgehead atoms. The second-order valence-corrected chi connectivity index (χ2v) is 7.25. The Labute approximate surface area is 175 Å². The summed E-state index contributed by atoms with van der Waals surface area (Å²) in [6, 6.07) is 2.28. The molecule has 3 N–H and O–H groups in total. The summed E-state index contributed by atoms with van der Waals surface area (Å²) in [5.74, 6) is 1.94. The second-order valence-electron chi connectivity index (χ2n) is 7.25. The minimum atomic E-state index is 0.262. The largest absolute Gasteiger partial charge is 0.493 e. The zero-order valence-electron chi connectivity index (χ0n) is 17.5. The fourth-order valence-corrected chi connectivity index (χ4v) is 3.47. The van der Waals surface area contributed by atoms with Crippen LogP contribution in [0.15, 0.2) is 18.5 Å². The standard InChI is InChI=1S/C20H28N8O2/c1-3-4-9-30-20-25-17(21)19-24-13-15(28(19)26-20)10-14-11-16(29-2)18(23-12-14)27-7-5-22-6-8-27/h11-13,22H,3-10H2,1-2H3,(H2,21,25,26). The molecule has 3 aromatic rings. The molecule has 0 aromatic carbocycles. The number of anilines is 2. The molecule has 0 spiro atoms. The maximum Gasteiger partial charge on any atom is 0.336 e. The molecule has 0 radical (unpaired) electrons. The lowest BCUT2D eigenvalue weighted by Gasteiger charge is -2.29. The van der Waals surface area contributed by atoms with E-state index in [1.165, 1.54) is 0 Å². The van der Waals surface area contributed by atoms with E-state index in [4.69, 9.17) is 15.2 Å². The lowest BCUT2D eigenvalue weighted by Crippen LogP contribution is -2.44. The van der Waals surface area contributed by atoms with E-state index < -0.39 is 0 Å². The summed E-state index contributed by atoms with van der Waals surface area (Å²) in [6.07, 6.45) is 6.18. The van der Waals surface area contributed by atoms with Gasteiger partial charge in [-0.25, -0.2) is 14.5 Å². The average molecular weight is 412 g/mol. The Kier molecular flexibility index (Phi) is 6.12. The summed E-state index contributed by atoms with van der Waals surface area (Å²) >= 11 is 0. The Morgan fingerprint density at radius 2 is 2.03 bits per heavy atom. The van der Waals surface area contributed by atoms with Crippen molar-refractivity contribution in [3.05, 3.63) is 29.7 Å². The summed E-state index contributed by atoms with van der Waals surface area (Å²) in [5.41, 5.74) is 8.45. The van der Waals surface area contributed by atoms with E-state index in [0.717, 1.165) is 61.8 Å². The highest BCUT2D eigenvalue weighted by molar-refractivity contribution is 5.60. The Hall–Kier alpha value is -3.14. The van der Waals surface area contributed by atoms with Crippen molar-refractivity contribution in [3.63, 3.8) is 0 Å². The van der Waals surface area contributed by atoms with E-state index in [2.05, 4.69) is 37.2 Å². The molecule has 1 saturated heterocycles. The first kappa shape index (κ1) is 20.1. The van der Waals surface area contributed by atoms with Gasteiger partial charge in [-0.1, -0.05) is 13.3 Å². The summed E-state index contributed by atoms with van der Waals surface area (Å²) in [4.78, 5) is 15.5. The van der Waals surface area contributed by atoms with Crippen LogP contribution in [0.4, 0.5) is 11.6 Å². The third-order valence-electron chi connectivity index (χ3n) is 5.08. The third-order valence-corrected chi connectivity index (χ3v) is 5.08. The number of hydrogen-bond donors (Lipinski definition) is 2. The third kappa shape index (κ3) is 4.23. The van der Waals surface area contributed by atoms with Gasteiger partial charge < -0.3 is 25.4 Å². The van der Waals surface area contributed by atoms with Gasteiger partial charge in [0.25, 0.3) is 0 Å². The van der Waals surface area contributed by atoms with Crippen LogP contribution in [0.1, 0.15) is 31.0 Å². The van der Waals surface area contributed by atoms with Crippen molar-refractivity contribution in [2.45, 2.75) is 26.2 Å². The summed E-state index contributed by atoms with van der Waals surface area (Å²) in [5, 5.41) is 7.82. The van der Waals surface area contributed by atoms with E-state index in [-0.39, 0.29) is 6.01 Å². The lowest BCUT2D eigenvalue weighted by molar-refractivity contribution is 0.280. The van der Waals surface area contributed by atoms with E-state index in [1.807, 2.05) is 12.3 Å². The van der Waals surface area contributed by atoms with Crippen molar-refractivity contribution in [1.29, 1.82) is 0 Å². The zero-order valence-corrected chi connectivity index (χ0v) is 17.5. The van der Waals surface area contributed by atoms with Crippen LogP contribution in [0, 0.1) is 0 Å². The predicted molar refractivity (Wildman–Crippen MR) is 114 cm³/mol. The molecule has 0 unspecified atom stereocenters. The molecule has 3 aromatic heterocycles. The topological polar surface area (TPSA) is 116 Å². The molecular formula is C20H28N8O2. The van der Waals surface area contributed by atoms with Gasteiger partial charge in [0.2, 0.25) is 0 Å². The number of nitrogens with zero attached hydrogens (tertiary/aromatic N) is 6. The van der Waals surface area contributed by atoms with Crippen molar-refractivity contribution in [3.8, 4) is 11.8 Å². The maximum absolute atomic E-state index is 6.06. The van der Waals surface area contributed by atoms with E-state index in [0.29, 0.717) is 24.5 Å². The molecule has 10 nitrogen and oxygen atoms in total. The molecule has 1 aliphatic heterocycles. The van der Waals surface area contributed by atoms with Gasteiger partial charge in [0, 0.05) is 38.8 Å². The van der Waals surface area contributed by atoms with Gasteiger partial charge in [-0.3, -0.25) is 0 Å². The van der Waals surface area contributed by atoms with Crippen LogP contribution in [0.2, 0.25) is 0 Å². The maximum atomic E-state index is 6.06. The number of hydrogen-bond acceptors (Lipinski definition) is 9. The first-order valence-corrected chi connectivity index (χ1v) is 10.3. The minimum Gasteiger partial charge on any atom is -0.493 e. The number of aromatic nitrogens is 5. The molecule has 30 heavy (non-hydrogen) atoms. The quantitative estimate of drug-likeness (QED) is 0.528. The van der Waals surface area contributed by atoms with Crippen LogP contribution in [-0.2, 0) is 6.42 Å². The smallest absolute Gasteiger partial charge is 0.336 e. The number of rotatable bonds is 8.